The number of carbonyl (C=O) groups is 1. The normalized spacial score (nSPS) is 11.0. The summed E-state index contributed by atoms with van der Waals surface area (Å²) in [4.78, 5) is 16.7. The topological polar surface area (TPSA) is 55.6 Å². The van der Waals surface area contributed by atoms with Crippen molar-refractivity contribution in [3.8, 4) is 5.75 Å². The zero-order valence-corrected chi connectivity index (χ0v) is 15.1. The molecule has 2 aromatic heterocycles. The smallest absolute Gasteiger partial charge is 0.251 e. The van der Waals surface area contributed by atoms with E-state index in [0.717, 1.165) is 21.6 Å². The van der Waals surface area contributed by atoms with E-state index < -0.39 is 0 Å². The van der Waals surface area contributed by atoms with Gasteiger partial charge in [0.1, 0.15) is 11.4 Å². The van der Waals surface area contributed by atoms with E-state index >= 15 is 0 Å². The number of amides is 1. The number of benzene rings is 1. The van der Waals surface area contributed by atoms with E-state index in [2.05, 4.69) is 26.2 Å². The molecular weight excluding hydrogens is 370 g/mol. The molecule has 0 bridgehead atoms. The summed E-state index contributed by atoms with van der Waals surface area (Å²) < 4.78 is 8.47. The molecule has 1 amide bonds. The van der Waals surface area contributed by atoms with Crippen LogP contribution in [0, 0.1) is 0 Å². The maximum absolute atomic E-state index is 12.2. The largest absolute Gasteiger partial charge is 0.491 e. The van der Waals surface area contributed by atoms with E-state index in [1.165, 1.54) is 0 Å². The summed E-state index contributed by atoms with van der Waals surface area (Å²) in [6.07, 6.45) is 3.95. The number of aromatic nitrogens is 2. The number of nitrogens with zero attached hydrogens (tertiary/aromatic N) is 2. The van der Waals surface area contributed by atoms with E-state index in [1.54, 1.807) is 24.3 Å². The highest BCUT2D eigenvalue weighted by atomic mass is 79.9. The lowest BCUT2D eigenvalue weighted by molar-refractivity contribution is 0.0950. The van der Waals surface area contributed by atoms with Crippen molar-refractivity contribution in [2.75, 3.05) is 0 Å². The van der Waals surface area contributed by atoms with Crippen LogP contribution < -0.4 is 10.1 Å². The Hall–Kier alpha value is -2.34. The summed E-state index contributed by atoms with van der Waals surface area (Å²) in [5.74, 6) is 0.622. The second-order valence-electron chi connectivity index (χ2n) is 5.72. The third kappa shape index (κ3) is 3.94. The minimum Gasteiger partial charge on any atom is -0.491 e. The first kappa shape index (κ1) is 16.5. The molecule has 24 heavy (non-hydrogen) atoms. The molecular formula is C18H18BrN3O2. The third-order valence-corrected chi connectivity index (χ3v) is 3.85. The average molecular weight is 388 g/mol. The highest BCUT2D eigenvalue weighted by Crippen LogP contribution is 2.15. The Labute approximate surface area is 148 Å². The van der Waals surface area contributed by atoms with Crippen molar-refractivity contribution in [3.63, 3.8) is 0 Å². The van der Waals surface area contributed by atoms with Crippen LogP contribution in [0.5, 0.6) is 5.75 Å². The van der Waals surface area contributed by atoms with Crippen LogP contribution in [0.3, 0.4) is 0 Å². The van der Waals surface area contributed by atoms with Crippen molar-refractivity contribution in [1.82, 2.24) is 14.7 Å². The van der Waals surface area contributed by atoms with Gasteiger partial charge in [0.25, 0.3) is 5.91 Å². The van der Waals surface area contributed by atoms with Gasteiger partial charge in [-0.25, -0.2) is 4.98 Å². The quantitative estimate of drug-likeness (QED) is 0.723. The Morgan fingerprint density at radius 3 is 2.67 bits per heavy atom. The highest BCUT2D eigenvalue weighted by molar-refractivity contribution is 9.10. The standard InChI is InChI=1S/C18H18BrN3O2/c1-12(2)24-16-6-3-13(4-7-16)18(23)20-9-15-11-22-10-14(19)5-8-17(22)21-15/h3-8,10-12H,9H2,1-2H3,(H,20,23). The van der Waals surface area contributed by atoms with Gasteiger partial charge in [0.2, 0.25) is 0 Å². The maximum Gasteiger partial charge on any atom is 0.251 e. The number of nitrogens with one attached hydrogen (secondary N) is 1. The van der Waals surface area contributed by atoms with Crippen LogP contribution in [0.2, 0.25) is 0 Å². The van der Waals surface area contributed by atoms with Crippen LogP contribution in [-0.4, -0.2) is 21.4 Å². The second kappa shape index (κ2) is 7.05. The number of hydrogen-bond acceptors (Lipinski definition) is 3. The van der Waals surface area contributed by atoms with Crippen molar-refractivity contribution in [2.24, 2.45) is 0 Å². The maximum atomic E-state index is 12.2. The molecule has 3 aromatic rings. The molecule has 0 aliphatic heterocycles. The van der Waals surface area contributed by atoms with Gasteiger partial charge >= 0.3 is 0 Å². The lowest BCUT2D eigenvalue weighted by Crippen LogP contribution is -2.22. The molecule has 0 spiro atoms. The molecule has 1 N–H and O–H groups in total. The first-order valence-corrected chi connectivity index (χ1v) is 8.48. The number of carbonyl (C=O) groups excluding carboxylic acids is 1. The van der Waals surface area contributed by atoms with Crippen molar-refractivity contribution in [3.05, 3.63) is 64.5 Å². The van der Waals surface area contributed by atoms with Gasteiger partial charge < -0.3 is 14.5 Å². The highest BCUT2D eigenvalue weighted by Gasteiger charge is 2.08. The Balaban J connectivity index is 1.63. The third-order valence-electron chi connectivity index (χ3n) is 3.38. The van der Waals surface area contributed by atoms with Gasteiger partial charge in [-0.05, 0) is 66.2 Å². The summed E-state index contributed by atoms with van der Waals surface area (Å²) in [5, 5.41) is 2.88. The number of ether oxygens (including phenoxy) is 1. The minimum absolute atomic E-state index is 0.111. The number of fused-ring (bicyclic) bond motifs is 1. The van der Waals surface area contributed by atoms with E-state index in [0.29, 0.717) is 12.1 Å². The molecule has 5 nitrogen and oxygen atoms in total. The Morgan fingerprint density at radius 1 is 1.21 bits per heavy atom. The summed E-state index contributed by atoms with van der Waals surface area (Å²) in [5.41, 5.74) is 2.25. The van der Waals surface area contributed by atoms with Crippen molar-refractivity contribution < 1.29 is 9.53 Å². The van der Waals surface area contributed by atoms with Crippen LogP contribution in [0.1, 0.15) is 29.9 Å². The first-order valence-electron chi connectivity index (χ1n) is 7.69. The summed E-state index contributed by atoms with van der Waals surface area (Å²) in [6.45, 7) is 4.31. The molecule has 0 unspecified atom stereocenters. The monoisotopic (exact) mass is 387 g/mol. The van der Waals surface area contributed by atoms with Gasteiger partial charge in [0.15, 0.2) is 0 Å². The molecule has 124 valence electrons. The molecule has 2 heterocycles. The molecule has 0 saturated carbocycles. The van der Waals surface area contributed by atoms with Crippen LogP contribution in [0.4, 0.5) is 0 Å². The van der Waals surface area contributed by atoms with Crippen molar-refractivity contribution >= 4 is 27.5 Å². The first-order chi connectivity index (χ1) is 11.5. The van der Waals surface area contributed by atoms with Gasteiger partial charge in [-0.1, -0.05) is 0 Å². The van der Waals surface area contributed by atoms with Gasteiger partial charge in [0, 0.05) is 22.4 Å². The predicted octanol–water partition coefficient (Wildman–Crippen LogP) is 3.81. The average Bonchev–Trinajstić information content (AvgIpc) is 2.94. The number of halogens is 1. The zero-order valence-electron chi connectivity index (χ0n) is 13.5. The van der Waals surface area contributed by atoms with Crippen LogP contribution in [0.25, 0.3) is 5.65 Å². The number of hydrogen-bond donors (Lipinski definition) is 1. The second-order valence-corrected chi connectivity index (χ2v) is 6.63. The molecule has 3 rings (SSSR count). The van der Waals surface area contributed by atoms with Gasteiger partial charge in [-0.2, -0.15) is 0 Å². The van der Waals surface area contributed by atoms with E-state index in [-0.39, 0.29) is 12.0 Å². The number of pyridine rings is 1. The molecule has 0 fully saturated rings. The number of rotatable bonds is 5. The molecule has 0 radical (unpaired) electrons. The molecule has 0 aliphatic rings. The molecule has 0 saturated heterocycles. The molecule has 1 aromatic carbocycles. The van der Waals surface area contributed by atoms with Gasteiger partial charge in [0.05, 0.1) is 18.3 Å². The minimum atomic E-state index is -0.135. The Morgan fingerprint density at radius 2 is 1.96 bits per heavy atom. The van der Waals surface area contributed by atoms with E-state index in [9.17, 15) is 4.79 Å². The fourth-order valence-electron chi connectivity index (χ4n) is 2.33. The van der Waals surface area contributed by atoms with Gasteiger partial charge in [-0.15, -0.1) is 0 Å². The summed E-state index contributed by atoms with van der Waals surface area (Å²) in [6, 6.07) is 11.0. The fraction of sp³-hybridized carbons (Fsp3) is 0.222. The van der Waals surface area contributed by atoms with Crippen LogP contribution in [-0.2, 0) is 6.54 Å². The molecule has 6 heteroatoms. The molecule has 0 atom stereocenters. The van der Waals surface area contributed by atoms with E-state index in [4.69, 9.17) is 4.74 Å². The fourth-order valence-corrected chi connectivity index (χ4v) is 2.69. The van der Waals surface area contributed by atoms with Crippen LogP contribution in [0.15, 0.2) is 53.3 Å². The van der Waals surface area contributed by atoms with Crippen molar-refractivity contribution in [2.45, 2.75) is 26.5 Å². The van der Waals surface area contributed by atoms with Gasteiger partial charge in [-0.3, -0.25) is 4.79 Å². The Bertz CT molecular complexity index is 856. The summed E-state index contributed by atoms with van der Waals surface area (Å²) >= 11 is 3.43. The van der Waals surface area contributed by atoms with Crippen LogP contribution >= 0.6 is 15.9 Å². The lowest BCUT2D eigenvalue weighted by Gasteiger charge is -2.10. The van der Waals surface area contributed by atoms with E-state index in [1.807, 2.05) is 42.8 Å². The lowest BCUT2D eigenvalue weighted by atomic mass is 10.2. The number of imidazole rings is 1. The SMILES string of the molecule is CC(C)Oc1ccc(C(=O)NCc2cn3cc(Br)ccc3n2)cc1. The molecule has 0 aliphatic carbocycles. The van der Waals surface area contributed by atoms with Crippen molar-refractivity contribution in [1.29, 1.82) is 0 Å². The Kier molecular flexibility index (Phi) is 4.85. The summed E-state index contributed by atoms with van der Waals surface area (Å²) in [7, 11) is 0. The zero-order chi connectivity index (χ0) is 17.1. The predicted molar refractivity (Wildman–Crippen MR) is 96.3 cm³/mol.